The predicted molar refractivity (Wildman–Crippen MR) is 78.2 cm³/mol. The number of rotatable bonds is 6. The first-order valence-electron chi connectivity index (χ1n) is 7.65. The molecule has 0 aliphatic carbocycles. The van der Waals surface area contributed by atoms with E-state index in [1.807, 2.05) is 20.8 Å². The van der Waals surface area contributed by atoms with E-state index in [0.717, 1.165) is 19.3 Å². The van der Waals surface area contributed by atoms with Crippen molar-refractivity contribution in [2.24, 2.45) is 17.1 Å². The molecule has 0 aromatic heterocycles. The lowest BCUT2D eigenvalue weighted by molar-refractivity contribution is -0.156. The highest BCUT2D eigenvalue weighted by atomic mass is 16.4. The third-order valence-corrected chi connectivity index (χ3v) is 4.61. The molecule has 116 valence electrons. The van der Waals surface area contributed by atoms with E-state index in [-0.39, 0.29) is 11.8 Å². The van der Waals surface area contributed by atoms with Gasteiger partial charge in [0.1, 0.15) is 0 Å². The SMILES string of the molecule is CCCC1(C(=O)O)CCCN(C(=O)C(N)C(C)CC)C1. The topological polar surface area (TPSA) is 83.6 Å². The Hall–Kier alpha value is -1.10. The van der Waals surface area contributed by atoms with E-state index >= 15 is 0 Å². The first kappa shape index (κ1) is 17.0. The van der Waals surface area contributed by atoms with Crippen molar-refractivity contribution in [3.63, 3.8) is 0 Å². The second kappa shape index (κ2) is 7.07. The van der Waals surface area contributed by atoms with Gasteiger partial charge in [0.2, 0.25) is 5.91 Å². The van der Waals surface area contributed by atoms with Gasteiger partial charge in [-0.3, -0.25) is 9.59 Å². The number of piperidine rings is 1. The summed E-state index contributed by atoms with van der Waals surface area (Å²) in [7, 11) is 0. The number of aliphatic carboxylic acids is 1. The molecule has 1 amide bonds. The number of carboxylic acid groups (broad SMARTS) is 1. The van der Waals surface area contributed by atoms with Crippen LogP contribution >= 0.6 is 0 Å². The summed E-state index contributed by atoms with van der Waals surface area (Å²) < 4.78 is 0. The minimum absolute atomic E-state index is 0.0965. The molecule has 1 fully saturated rings. The molecule has 1 heterocycles. The maximum absolute atomic E-state index is 12.4. The van der Waals surface area contributed by atoms with Crippen molar-refractivity contribution in [1.29, 1.82) is 0 Å². The molecule has 0 aromatic carbocycles. The molecule has 3 N–H and O–H groups in total. The van der Waals surface area contributed by atoms with Crippen molar-refractivity contribution in [1.82, 2.24) is 4.90 Å². The molecule has 3 atom stereocenters. The molecule has 0 saturated carbocycles. The van der Waals surface area contributed by atoms with Crippen LogP contribution in [0.5, 0.6) is 0 Å². The fourth-order valence-electron chi connectivity index (χ4n) is 2.99. The van der Waals surface area contributed by atoms with Crippen LogP contribution in [0.2, 0.25) is 0 Å². The van der Waals surface area contributed by atoms with E-state index in [9.17, 15) is 14.7 Å². The number of hydrogen-bond donors (Lipinski definition) is 2. The number of likely N-dealkylation sites (tertiary alicyclic amines) is 1. The monoisotopic (exact) mass is 284 g/mol. The Morgan fingerprint density at radius 2 is 2.05 bits per heavy atom. The first-order valence-corrected chi connectivity index (χ1v) is 7.65. The van der Waals surface area contributed by atoms with Gasteiger partial charge >= 0.3 is 5.97 Å². The summed E-state index contributed by atoms with van der Waals surface area (Å²) in [6, 6.07) is -0.522. The van der Waals surface area contributed by atoms with Gasteiger partial charge in [0.05, 0.1) is 11.5 Å². The van der Waals surface area contributed by atoms with Crippen molar-refractivity contribution in [2.75, 3.05) is 13.1 Å². The summed E-state index contributed by atoms with van der Waals surface area (Å²) in [4.78, 5) is 25.7. The highest BCUT2D eigenvalue weighted by molar-refractivity contribution is 5.83. The Bertz CT molecular complexity index is 355. The van der Waals surface area contributed by atoms with E-state index in [1.54, 1.807) is 4.90 Å². The Morgan fingerprint density at radius 1 is 1.40 bits per heavy atom. The molecular formula is C15H28N2O3. The quantitative estimate of drug-likeness (QED) is 0.779. The predicted octanol–water partition coefficient (Wildman–Crippen LogP) is 1.85. The standard InChI is InChI=1S/C15H28N2O3/c1-4-7-15(14(19)20)8-6-9-17(10-15)13(18)12(16)11(3)5-2/h11-12H,4-10,16H2,1-3H3,(H,19,20). The summed E-state index contributed by atoms with van der Waals surface area (Å²) in [5, 5.41) is 9.54. The number of nitrogens with zero attached hydrogens (tertiary/aromatic N) is 1. The zero-order valence-electron chi connectivity index (χ0n) is 12.9. The van der Waals surface area contributed by atoms with Crippen LogP contribution in [0.1, 0.15) is 52.9 Å². The molecule has 5 nitrogen and oxygen atoms in total. The van der Waals surface area contributed by atoms with Gasteiger partial charge < -0.3 is 15.7 Å². The molecule has 5 heteroatoms. The maximum atomic E-state index is 12.4. The molecule has 0 bridgehead atoms. The van der Waals surface area contributed by atoms with Crippen molar-refractivity contribution in [3.8, 4) is 0 Å². The van der Waals surface area contributed by atoms with Gasteiger partial charge in [-0.2, -0.15) is 0 Å². The second-order valence-electron chi connectivity index (χ2n) is 6.11. The number of carboxylic acids is 1. The van der Waals surface area contributed by atoms with Gasteiger partial charge in [-0.1, -0.05) is 33.6 Å². The van der Waals surface area contributed by atoms with Gasteiger partial charge in [0.25, 0.3) is 0 Å². The highest BCUT2D eigenvalue weighted by Gasteiger charge is 2.43. The van der Waals surface area contributed by atoms with Crippen molar-refractivity contribution >= 4 is 11.9 Å². The van der Waals surface area contributed by atoms with Crippen LogP contribution in [0.15, 0.2) is 0 Å². The fourth-order valence-corrected chi connectivity index (χ4v) is 2.99. The summed E-state index contributed by atoms with van der Waals surface area (Å²) >= 11 is 0. The zero-order chi connectivity index (χ0) is 15.3. The molecular weight excluding hydrogens is 256 g/mol. The molecule has 1 rings (SSSR count). The molecule has 0 radical (unpaired) electrons. The Kier molecular flexibility index (Phi) is 5.99. The minimum Gasteiger partial charge on any atom is -0.481 e. The van der Waals surface area contributed by atoms with E-state index in [0.29, 0.717) is 25.9 Å². The van der Waals surface area contributed by atoms with Crippen LogP contribution in [-0.4, -0.2) is 41.0 Å². The van der Waals surface area contributed by atoms with E-state index in [1.165, 1.54) is 0 Å². The van der Waals surface area contributed by atoms with Crippen LogP contribution in [0.4, 0.5) is 0 Å². The van der Waals surface area contributed by atoms with Gasteiger partial charge in [-0.15, -0.1) is 0 Å². The zero-order valence-corrected chi connectivity index (χ0v) is 12.9. The third kappa shape index (κ3) is 3.51. The maximum Gasteiger partial charge on any atom is 0.311 e. The largest absolute Gasteiger partial charge is 0.481 e. The van der Waals surface area contributed by atoms with Crippen LogP contribution in [0, 0.1) is 11.3 Å². The van der Waals surface area contributed by atoms with Gasteiger partial charge in [-0.05, 0) is 25.2 Å². The number of amides is 1. The lowest BCUT2D eigenvalue weighted by atomic mass is 9.76. The number of nitrogens with two attached hydrogens (primary N) is 1. The van der Waals surface area contributed by atoms with E-state index in [2.05, 4.69) is 0 Å². The summed E-state index contributed by atoms with van der Waals surface area (Å²) in [5.41, 5.74) is 5.22. The normalized spacial score (nSPS) is 26.1. The number of carbonyl (C=O) groups is 2. The van der Waals surface area contributed by atoms with Gasteiger partial charge in [-0.25, -0.2) is 0 Å². The Balaban J connectivity index is 2.82. The van der Waals surface area contributed by atoms with E-state index < -0.39 is 17.4 Å². The van der Waals surface area contributed by atoms with E-state index in [4.69, 9.17) is 5.73 Å². The molecule has 1 aliphatic heterocycles. The van der Waals surface area contributed by atoms with Crippen LogP contribution in [0.3, 0.4) is 0 Å². The molecule has 0 spiro atoms. The van der Waals surface area contributed by atoms with Crippen molar-refractivity contribution < 1.29 is 14.7 Å². The number of carbonyl (C=O) groups excluding carboxylic acids is 1. The van der Waals surface area contributed by atoms with Crippen LogP contribution in [-0.2, 0) is 9.59 Å². The average molecular weight is 284 g/mol. The van der Waals surface area contributed by atoms with Crippen LogP contribution in [0.25, 0.3) is 0 Å². The summed E-state index contributed by atoms with van der Waals surface area (Å²) in [5.74, 6) is -0.760. The van der Waals surface area contributed by atoms with Crippen molar-refractivity contribution in [3.05, 3.63) is 0 Å². The smallest absolute Gasteiger partial charge is 0.311 e. The van der Waals surface area contributed by atoms with Crippen LogP contribution < -0.4 is 5.73 Å². The molecule has 1 aliphatic rings. The summed E-state index contributed by atoms with van der Waals surface area (Å²) in [6.45, 7) is 6.88. The third-order valence-electron chi connectivity index (χ3n) is 4.61. The van der Waals surface area contributed by atoms with Gasteiger partial charge in [0.15, 0.2) is 0 Å². The fraction of sp³-hybridized carbons (Fsp3) is 0.867. The summed E-state index contributed by atoms with van der Waals surface area (Å²) in [6.07, 6.45) is 3.67. The molecule has 0 aromatic rings. The molecule has 1 saturated heterocycles. The second-order valence-corrected chi connectivity index (χ2v) is 6.11. The molecule has 20 heavy (non-hydrogen) atoms. The molecule has 3 unspecified atom stereocenters. The van der Waals surface area contributed by atoms with Gasteiger partial charge in [0, 0.05) is 13.1 Å². The lowest BCUT2D eigenvalue weighted by Crippen LogP contribution is -2.55. The Morgan fingerprint density at radius 3 is 2.55 bits per heavy atom. The minimum atomic E-state index is -0.783. The van der Waals surface area contributed by atoms with Crippen molar-refractivity contribution in [2.45, 2.75) is 58.9 Å². The Labute approximate surface area is 121 Å². The first-order chi connectivity index (χ1) is 9.38. The average Bonchev–Trinajstić information content (AvgIpc) is 2.45. The highest BCUT2D eigenvalue weighted by Crippen LogP contribution is 2.35. The lowest BCUT2D eigenvalue weighted by Gasteiger charge is -2.41. The number of hydrogen-bond acceptors (Lipinski definition) is 3.